The number of nitrogens with zero attached hydrogens (tertiary/aromatic N) is 1. The topological polar surface area (TPSA) is 79.6 Å². The van der Waals surface area contributed by atoms with E-state index in [4.69, 9.17) is 4.42 Å². The molecular formula is C24H24N2O4. The highest BCUT2D eigenvalue weighted by atomic mass is 16.4. The van der Waals surface area contributed by atoms with Gasteiger partial charge in [0.05, 0.1) is 6.54 Å². The Morgan fingerprint density at radius 1 is 0.967 bits per heavy atom. The summed E-state index contributed by atoms with van der Waals surface area (Å²) >= 11 is 0. The number of rotatable bonds is 6. The van der Waals surface area contributed by atoms with Gasteiger partial charge in [0, 0.05) is 23.9 Å². The molecule has 3 aromatic rings. The van der Waals surface area contributed by atoms with Crippen LogP contribution in [0.5, 0.6) is 0 Å². The summed E-state index contributed by atoms with van der Waals surface area (Å²) in [7, 11) is 1.55. The van der Waals surface area contributed by atoms with E-state index in [0.29, 0.717) is 11.3 Å². The van der Waals surface area contributed by atoms with E-state index in [1.165, 1.54) is 11.8 Å². The molecular weight excluding hydrogens is 380 g/mol. The van der Waals surface area contributed by atoms with Gasteiger partial charge in [0.25, 0.3) is 5.91 Å². The molecule has 0 unspecified atom stereocenters. The van der Waals surface area contributed by atoms with E-state index in [-0.39, 0.29) is 24.0 Å². The highest BCUT2D eigenvalue weighted by Crippen LogP contribution is 2.23. The van der Waals surface area contributed by atoms with Crippen molar-refractivity contribution in [2.24, 2.45) is 0 Å². The van der Waals surface area contributed by atoms with Gasteiger partial charge >= 0.3 is 0 Å². The molecule has 6 heteroatoms. The van der Waals surface area contributed by atoms with Crippen LogP contribution in [0.2, 0.25) is 0 Å². The summed E-state index contributed by atoms with van der Waals surface area (Å²) in [6, 6.07) is 15.9. The number of carbonyl (C=O) groups is 3. The fourth-order valence-corrected chi connectivity index (χ4v) is 3.03. The van der Waals surface area contributed by atoms with Crippen LogP contribution in [0.15, 0.2) is 59.0 Å². The molecule has 0 saturated carbocycles. The van der Waals surface area contributed by atoms with Gasteiger partial charge in [-0.3, -0.25) is 14.4 Å². The van der Waals surface area contributed by atoms with E-state index in [9.17, 15) is 14.4 Å². The van der Waals surface area contributed by atoms with E-state index < -0.39 is 5.91 Å². The van der Waals surface area contributed by atoms with Crippen LogP contribution in [0.1, 0.15) is 39.0 Å². The number of hydrogen-bond acceptors (Lipinski definition) is 4. The second kappa shape index (κ2) is 8.78. The summed E-state index contributed by atoms with van der Waals surface area (Å²) in [6.07, 6.45) is 0. The molecule has 1 N–H and O–H groups in total. The van der Waals surface area contributed by atoms with Crippen molar-refractivity contribution >= 4 is 23.3 Å². The predicted molar refractivity (Wildman–Crippen MR) is 116 cm³/mol. The second-order valence-electron chi connectivity index (χ2n) is 7.25. The largest absolute Gasteiger partial charge is 0.451 e. The average molecular weight is 404 g/mol. The molecule has 0 saturated heterocycles. The molecule has 2 amide bonds. The lowest BCUT2D eigenvalue weighted by Crippen LogP contribution is -2.34. The third-order valence-electron chi connectivity index (χ3n) is 5.00. The molecule has 0 spiro atoms. The maximum atomic E-state index is 12.6. The van der Waals surface area contributed by atoms with Crippen molar-refractivity contribution < 1.29 is 18.8 Å². The second-order valence-corrected chi connectivity index (χ2v) is 7.25. The Balaban J connectivity index is 1.65. The SMILES string of the molecule is CC(=O)c1ccc(-c2ccc(C(=O)N(C)CC(=O)Nc3cccc(C)c3C)o2)cc1. The highest BCUT2D eigenvalue weighted by Gasteiger charge is 2.19. The smallest absolute Gasteiger partial charge is 0.289 e. The summed E-state index contributed by atoms with van der Waals surface area (Å²) in [4.78, 5) is 37.7. The predicted octanol–water partition coefficient (Wildman–Crippen LogP) is 4.48. The summed E-state index contributed by atoms with van der Waals surface area (Å²) < 4.78 is 5.68. The van der Waals surface area contributed by atoms with E-state index in [1.54, 1.807) is 43.4 Å². The van der Waals surface area contributed by atoms with Gasteiger partial charge in [-0.1, -0.05) is 36.4 Å². The molecule has 0 atom stereocenters. The van der Waals surface area contributed by atoms with E-state index >= 15 is 0 Å². The molecule has 0 aliphatic carbocycles. The van der Waals surface area contributed by atoms with Crippen LogP contribution in [-0.2, 0) is 4.79 Å². The van der Waals surface area contributed by atoms with Crippen LogP contribution in [0.4, 0.5) is 5.69 Å². The van der Waals surface area contributed by atoms with Crippen molar-refractivity contribution in [1.82, 2.24) is 4.90 Å². The monoisotopic (exact) mass is 404 g/mol. The molecule has 0 aliphatic heterocycles. The average Bonchev–Trinajstić information content (AvgIpc) is 3.21. The Kier molecular flexibility index (Phi) is 6.16. The third-order valence-corrected chi connectivity index (χ3v) is 5.00. The number of furan rings is 1. The molecule has 0 aliphatic rings. The van der Waals surface area contributed by atoms with Crippen molar-refractivity contribution in [1.29, 1.82) is 0 Å². The Hall–Kier alpha value is -3.67. The zero-order chi connectivity index (χ0) is 21.8. The zero-order valence-corrected chi connectivity index (χ0v) is 17.5. The molecule has 2 aromatic carbocycles. The van der Waals surface area contributed by atoms with Gasteiger partial charge in [-0.2, -0.15) is 0 Å². The van der Waals surface area contributed by atoms with E-state index in [0.717, 1.165) is 22.4 Å². The molecule has 6 nitrogen and oxygen atoms in total. The maximum Gasteiger partial charge on any atom is 0.289 e. The van der Waals surface area contributed by atoms with Crippen molar-refractivity contribution in [3.8, 4) is 11.3 Å². The third kappa shape index (κ3) is 4.66. The highest BCUT2D eigenvalue weighted by molar-refractivity contribution is 5.98. The molecule has 0 fully saturated rings. The minimum atomic E-state index is -0.391. The minimum Gasteiger partial charge on any atom is -0.451 e. The van der Waals surface area contributed by atoms with Crippen molar-refractivity contribution in [3.63, 3.8) is 0 Å². The number of anilines is 1. The molecule has 0 radical (unpaired) electrons. The number of likely N-dealkylation sites (N-methyl/N-ethyl adjacent to an activating group) is 1. The molecule has 154 valence electrons. The van der Waals surface area contributed by atoms with Gasteiger partial charge in [0.2, 0.25) is 5.91 Å². The van der Waals surface area contributed by atoms with Crippen LogP contribution in [0, 0.1) is 13.8 Å². The van der Waals surface area contributed by atoms with Crippen LogP contribution in [-0.4, -0.2) is 36.1 Å². The van der Waals surface area contributed by atoms with E-state index in [1.807, 2.05) is 32.0 Å². The number of Topliss-reactive ketones (excluding diaryl/α,β-unsaturated/α-hetero) is 1. The first-order valence-corrected chi connectivity index (χ1v) is 9.59. The Labute approximate surface area is 175 Å². The number of nitrogens with one attached hydrogen (secondary N) is 1. The molecule has 3 rings (SSSR count). The van der Waals surface area contributed by atoms with Gasteiger partial charge in [-0.15, -0.1) is 0 Å². The Morgan fingerprint density at radius 3 is 2.33 bits per heavy atom. The first kappa shape index (κ1) is 21.0. The number of hydrogen-bond donors (Lipinski definition) is 1. The molecule has 0 bridgehead atoms. The Morgan fingerprint density at radius 2 is 1.67 bits per heavy atom. The van der Waals surface area contributed by atoms with Gasteiger partial charge in [-0.05, 0) is 50.1 Å². The maximum absolute atomic E-state index is 12.6. The van der Waals surface area contributed by atoms with E-state index in [2.05, 4.69) is 5.32 Å². The number of amides is 2. The fourth-order valence-electron chi connectivity index (χ4n) is 3.03. The molecule has 1 aromatic heterocycles. The first-order chi connectivity index (χ1) is 14.3. The first-order valence-electron chi connectivity index (χ1n) is 9.59. The van der Waals surface area contributed by atoms with Gasteiger partial charge in [-0.25, -0.2) is 0 Å². The standard InChI is InChI=1S/C24H24N2O4/c1-15-6-5-7-20(16(15)2)25-23(28)14-26(4)24(29)22-13-12-21(30-22)19-10-8-18(9-11-19)17(3)27/h5-13H,14H2,1-4H3,(H,25,28). The molecule has 1 heterocycles. The summed E-state index contributed by atoms with van der Waals surface area (Å²) in [5.41, 5.74) is 4.17. The van der Waals surface area contributed by atoms with Crippen LogP contribution in [0.3, 0.4) is 0 Å². The van der Waals surface area contributed by atoms with Crippen molar-refractivity contribution in [2.75, 3.05) is 18.9 Å². The number of ketones is 1. The van der Waals surface area contributed by atoms with Gasteiger partial charge < -0.3 is 14.6 Å². The summed E-state index contributed by atoms with van der Waals surface area (Å²) in [6.45, 7) is 5.32. The molecule has 30 heavy (non-hydrogen) atoms. The lowest BCUT2D eigenvalue weighted by molar-refractivity contribution is -0.116. The quantitative estimate of drug-likeness (QED) is 0.615. The normalized spacial score (nSPS) is 10.5. The van der Waals surface area contributed by atoms with Crippen molar-refractivity contribution in [3.05, 3.63) is 77.0 Å². The fraction of sp³-hybridized carbons (Fsp3) is 0.208. The van der Waals surface area contributed by atoms with Crippen LogP contribution >= 0.6 is 0 Å². The lowest BCUT2D eigenvalue weighted by atomic mass is 10.1. The summed E-state index contributed by atoms with van der Waals surface area (Å²) in [5, 5.41) is 2.84. The van der Waals surface area contributed by atoms with Crippen LogP contribution < -0.4 is 5.32 Å². The van der Waals surface area contributed by atoms with Crippen LogP contribution in [0.25, 0.3) is 11.3 Å². The number of aryl methyl sites for hydroxylation is 1. The van der Waals surface area contributed by atoms with Gasteiger partial charge in [0.1, 0.15) is 5.76 Å². The summed E-state index contributed by atoms with van der Waals surface area (Å²) in [5.74, 6) is -0.0362. The number of benzene rings is 2. The minimum absolute atomic E-state index is 0.0161. The number of carbonyl (C=O) groups excluding carboxylic acids is 3. The lowest BCUT2D eigenvalue weighted by Gasteiger charge is -2.16. The zero-order valence-electron chi connectivity index (χ0n) is 17.5. The van der Waals surface area contributed by atoms with Gasteiger partial charge in [0.15, 0.2) is 11.5 Å². The Bertz CT molecular complexity index is 1100. The van der Waals surface area contributed by atoms with Crippen molar-refractivity contribution in [2.45, 2.75) is 20.8 Å².